The third-order valence-corrected chi connectivity index (χ3v) is 3.32. The molecule has 3 N–H and O–H groups in total. The molecule has 0 aromatic heterocycles. The number of amides is 1. The number of carbonyl (C=O) groups excluding carboxylic acids is 1. The number of hydrogen-bond acceptors (Lipinski definition) is 3. The van der Waals surface area contributed by atoms with Crippen LogP contribution in [-0.4, -0.2) is 32.6 Å². The number of para-hydroxylation sites is 1. The second kappa shape index (κ2) is 9.19. The average molecular weight is 326 g/mol. The number of nitrogens with zero attached hydrogens (tertiary/aromatic N) is 1. The Morgan fingerprint density at radius 2 is 1.75 bits per heavy atom. The molecule has 0 heterocycles. The van der Waals surface area contributed by atoms with Crippen LogP contribution in [0.25, 0.3) is 0 Å². The van der Waals surface area contributed by atoms with Crippen LogP contribution in [0.2, 0.25) is 0 Å². The van der Waals surface area contributed by atoms with Gasteiger partial charge in [-0.05, 0) is 29.8 Å². The lowest BCUT2D eigenvalue weighted by Gasteiger charge is -2.12. The van der Waals surface area contributed by atoms with Gasteiger partial charge in [0.05, 0.1) is 13.7 Å². The average Bonchev–Trinajstić information content (AvgIpc) is 2.63. The van der Waals surface area contributed by atoms with E-state index in [0.29, 0.717) is 12.5 Å². The topological polar surface area (TPSA) is 74.8 Å². The van der Waals surface area contributed by atoms with Gasteiger partial charge in [-0.15, -0.1) is 0 Å². The van der Waals surface area contributed by atoms with Crippen molar-refractivity contribution >= 4 is 17.6 Å². The van der Waals surface area contributed by atoms with Gasteiger partial charge in [0.1, 0.15) is 5.75 Å². The molecule has 0 spiro atoms. The first kappa shape index (κ1) is 17.3. The molecular formula is C18H22N4O2. The first-order valence-corrected chi connectivity index (χ1v) is 7.63. The molecule has 2 aromatic carbocycles. The molecule has 2 rings (SSSR count). The van der Waals surface area contributed by atoms with Crippen molar-refractivity contribution in [2.45, 2.75) is 6.54 Å². The standard InChI is InChI=1S/C18H22N4O2/c1-19-18(20-12-14-8-10-16(24-2)11-9-14)21-13-17(23)22-15-6-4-3-5-7-15/h3-11H,12-13H2,1-2H3,(H,22,23)(H2,19,20,21). The van der Waals surface area contributed by atoms with Gasteiger partial charge >= 0.3 is 0 Å². The zero-order chi connectivity index (χ0) is 17.2. The maximum atomic E-state index is 11.9. The highest BCUT2D eigenvalue weighted by Gasteiger charge is 2.04. The minimum Gasteiger partial charge on any atom is -0.497 e. The summed E-state index contributed by atoms with van der Waals surface area (Å²) in [6.45, 7) is 0.737. The zero-order valence-electron chi connectivity index (χ0n) is 13.9. The van der Waals surface area contributed by atoms with E-state index in [1.165, 1.54) is 0 Å². The fraction of sp³-hybridized carbons (Fsp3) is 0.222. The molecule has 126 valence electrons. The maximum Gasteiger partial charge on any atom is 0.243 e. The Bertz CT molecular complexity index is 669. The lowest BCUT2D eigenvalue weighted by atomic mass is 10.2. The first-order valence-electron chi connectivity index (χ1n) is 7.63. The Kier molecular flexibility index (Phi) is 6.64. The van der Waals surface area contributed by atoms with Crippen LogP contribution in [0.4, 0.5) is 5.69 Å². The summed E-state index contributed by atoms with van der Waals surface area (Å²) < 4.78 is 5.13. The Hall–Kier alpha value is -3.02. The van der Waals surface area contributed by atoms with Crippen molar-refractivity contribution in [3.63, 3.8) is 0 Å². The number of ether oxygens (including phenoxy) is 1. The molecule has 0 aliphatic carbocycles. The van der Waals surface area contributed by atoms with E-state index in [-0.39, 0.29) is 12.5 Å². The van der Waals surface area contributed by atoms with Crippen LogP contribution >= 0.6 is 0 Å². The molecule has 0 aliphatic rings. The van der Waals surface area contributed by atoms with E-state index in [1.54, 1.807) is 14.2 Å². The SMILES string of the molecule is CN=C(NCC(=O)Nc1ccccc1)NCc1ccc(OC)cc1. The largest absolute Gasteiger partial charge is 0.497 e. The number of anilines is 1. The van der Waals surface area contributed by atoms with Gasteiger partial charge in [-0.3, -0.25) is 9.79 Å². The van der Waals surface area contributed by atoms with Crippen molar-refractivity contribution in [3.8, 4) is 5.75 Å². The second-order valence-electron chi connectivity index (χ2n) is 5.04. The van der Waals surface area contributed by atoms with E-state index < -0.39 is 0 Å². The molecule has 6 nitrogen and oxygen atoms in total. The molecule has 0 fully saturated rings. The van der Waals surface area contributed by atoms with E-state index in [2.05, 4.69) is 20.9 Å². The van der Waals surface area contributed by atoms with E-state index in [9.17, 15) is 4.79 Å². The van der Waals surface area contributed by atoms with Crippen LogP contribution < -0.4 is 20.7 Å². The van der Waals surface area contributed by atoms with Gasteiger partial charge in [-0.25, -0.2) is 0 Å². The Morgan fingerprint density at radius 3 is 2.38 bits per heavy atom. The number of rotatable bonds is 6. The van der Waals surface area contributed by atoms with Crippen LogP contribution in [-0.2, 0) is 11.3 Å². The molecule has 24 heavy (non-hydrogen) atoms. The van der Waals surface area contributed by atoms with Crippen molar-refractivity contribution in [1.29, 1.82) is 0 Å². The summed E-state index contributed by atoms with van der Waals surface area (Å²) in [5.41, 5.74) is 1.86. The number of aliphatic imine (C=N–C) groups is 1. The summed E-state index contributed by atoms with van der Waals surface area (Å²) in [6.07, 6.45) is 0. The summed E-state index contributed by atoms with van der Waals surface area (Å²) in [6, 6.07) is 17.1. The predicted molar refractivity (Wildman–Crippen MR) is 96.3 cm³/mol. The molecule has 0 saturated carbocycles. The number of nitrogens with one attached hydrogen (secondary N) is 3. The van der Waals surface area contributed by atoms with Crippen LogP contribution in [0.15, 0.2) is 59.6 Å². The van der Waals surface area contributed by atoms with Gasteiger partial charge in [-0.1, -0.05) is 30.3 Å². The van der Waals surface area contributed by atoms with Crippen molar-refractivity contribution in [1.82, 2.24) is 10.6 Å². The quantitative estimate of drug-likeness (QED) is 0.561. The predicted octanol–water partition coefficient (Wildman–Crippen LogP) is 2.00. The highest BCUT2D eigenvalue weighted by molar-refractivity contribution is 5.94. The normalized spacial score (nSPS) is 10.8. The highest BCUT2D eigenvalue weighted by Crippen LogP contribution is 2.10. The Morgan fingerprint density at radius 1 is 1.04 bits per heavy atom. The number of guanidine groups is 1. The summed E-state index contributed by atoms with van der Waals surface area (Å²) in [4.78, 5) is 16.0. The van der Waals surface area contributed by atoms with E-state index in [0.717, 1.165) is 17.0 Å². The van der Waals surface area contributed by atoms with Crippen LogP contribution in [0.5, 0.6) is 5.75 Å². The Balaban J connectivity index is 1.76. The summed E-state index contributed by atoms with van der Waals surface area (Å²) in [7, 11) is 3.30. The number of methoxy groups -OCH3 is 1. The molecular weight excluding hydrogens is 304 g/mol. The zero-order valence-corrected chi connectivity index (χ0v) is 13.9. The molecule has 1 amide bonds. The van der Waals surface area contributed by atoms with E-state index >= 15 is 0 Å². The van der Waals surface area contributed by atoms with Gasteiger partial charge in [0.25, 0.3) is 0 Å². The Labute approximate surface area is 141 Å². The van der Waals surface area contributed by atoms with E-state index in [1.807, 2.05) is 54.6 Å². The van der Waals surface area contributed by atoms with Crippen molar-refractivity contribution in [2.75, 3.05) is 26.0 Å². The highest BCUT2D eigenvalue weighted by atomic mass is 16.5. The molecule has 6 heteroatoms. The third-order valence-electron chi connectivity index (χ3n) is 3.32. The second-order valence-corrected chi connectivity index (χ2v) is 5.04. The lowest BCUT2D eigenvalue weighted by Crippen LogP contribution is -2.41. The van der Waals surface area contributed by atoms with Crippen molar-refractivity contribution < 1.29 is 9.53 Å². The van der Waals surface area contributed by atoms with Crippen LogP contribution in [0.3, 0.4) is 0 Å². The van der Waals surface area contributed by atoms with Gasteiger partial charge in [0.15, 0.2) is 5.96 Å². The van der Waals surface area contributed by atoms with Crippen LogP contribution in [0, 0.1) is 0 Å². The van der Waals surface area contributed by atoms with Gasteiger partial charge in [0, 0.05) is 19.3 Å². The molecule has 0 atom stereocenters. The van der Waals surface area contributed by atoms with Gasteiger partial charge < -0.3 is 20.7 Å². The minimum absolute atomic E-state index is 0.131. The summed E-state index contributed by atoms with van der Waals surface area (Å²) in [5, 5.41) is 8.95. The molecule has 0 aliphatic heterocycles. The maximum absolute atomic E-state index is 11.9. The number of hydrogen-bond donors (Lipinski definition) is 3. The first-order chi connectivity index (χ1) is 11.7. The summed E-state index contributed by atoms with van der Waals surface area (Å²) in [5.74, 6) is 1.25. The van der Waals surface area contributed by atoms with Crippen molar-refractivity contribution in [2.24, 2.45) is 4.99 Å². The van der Waals surface area contributed by atoms with E-state index in [4.69, 9.17) is 4.74 Å². The molecule has 0 saturated heterocycles. The number of benzene rings is 2. The van der Waals surface area contributed by atoms with Gasteiger partial charge in [-0.2, -0.15) is 0 Å². The molecule has 0 radical (unpaired) electrons. The minimum atomic E-state index is -0.131. The lowest BCUT2D eigenvalue weighted by molar-refractivity contribution is -0.115. The van der Waals surface area contributed by atoms with Gasteiger partial charge in [0.2, 0.25) is 5.91 Å². The third kappa shape index (κ3) is 5.64. The molecule has 2 aromatic rings. The van der Waals surface area contributed by atoms with Crippen molar-refractivity contribution in [3.05, 3.63) is 60.2 Å². The fourth-order valence-corrected chi connectivity index (χ4v) is 2.04. The molecule has 0 bridgehead atoms. The molecule has 0 unspecified atom stereocenters. The smallest absolute Gasteiger partial charge is 0.243 e. The monoisotopic (exact) mass is 326 g/mol. The fourth-order valence-electron chi connectivity index (χ4n) is 2.04. The van der Waals surface area contributed by atoms with Crippen LogP contribution in [0.1, 0.15) is 5.56 Å². The summed E-state index contributed by atoms with van der Waals surface area (Å²) >= 11 is 0. The number of carbonyl (C=O) groups is 1.